The number of hydrogen-bond donors (Lipinski definition) is 2. The van der Waals surface area contributed by atoms with Gasteiger partial charge in [0.2, 0.25) is 0 Å². The van der Waals surface area contributed by atoms with Gasteiger partial charge in [-0.2, -0.15) is 0 Å². The van der Waals surface area contributed by atoms with E-state index in [1.165, 1.54) is 11.1 Å². The van der Waals surface area contributed by atoms with Crippen LogP contribution in [0.3, 0.4) is 0 Å². The average Bonchev–Trinajstić information content (AvgIpc) is 2.72. The van der Waals surface area contributed by atoms with E-state index in [1.54, 1.807) is 19.5 Å². The van der Waals surface area contributed by atoms with Crippen LogP contribution in [-0.4, -0.2) is 23.7 Å². The second kappa shape index (κ2) is 8.61. The van der Waals surface area contributed by atoms with Gasteiger partial charge in [0.05, 0.1) is 13.2 Å². The second-order valence-electron chi connectivity index (χ2n) is 6.28. The maximum atomic E-state index is 10.4. The zero-order chi connectivity index (χ0) is 18.4. The average molecular weight is 348 g/mol. The van der Waals surface area contributed by atoms with Crippen molar-refractivity contribution in [1.82, 2.24) is 10.3 Å². The molecule has 1 aromatic heterocycles. The Morgan fingerprint density at radius 1 is 0.962 bits per heavy atom. The minimum absolute atomic E-state index is 0.141. The SMILES string of the molecule is COc1cccc(C(O)CNC(C)c2ccc(-c3ccncc3)cc2)c1. The molecule has 0 spiro atoms. The van der Waals surface area contributed by atoms with Crippen LogP contribution in [0.2, 0.25) is 0 Å². The van der Waals surface area contributed by atoms with Gasteiger partial charge in [0, 0.05) is 25.0 Å². The van der Waals surface area contributed by atoms with Crippen LogP contribution in [0.1, 0.15) is 30.2 Å². The first kappa shape index (κ1) is 18.1. The molecule has 2 unspecified atom stereocenters. The smallest absolute Gasteiger partial charge is 0.119 e. The number of pyridine rings is 1. The molecule has 26 heavy (non-hydrogen) atoms. The van der Waals surface area contributed by atoms with Crippen LogP contribution in [0.5, 0.6) is 5.75 Å². The summed E-state index contributed by atoms with van der Waals surface area (Å²) in [5.41, 5.74) is 4.35. The molecule has 0 saturated carbocycles. The first-order chi connectivity index (χ1) is 12.7. The number of aliphatic hydroxyl groups excluding tert-OH is 1. The second-order valence-corrected chi connectivity index (χ2v) is 6.28. The van der Waals surface area contributed by atoms with Crippen LogP contribution in [0.25, 0.3) is 11.1 Å². The van der Waals surface area contributed by atoms with Crippen molar-refractivity contribution < 1.29 is 9.84 Å². The van der Waals surface area contributed by atoms with Crippen molar-refractivity contribution in [3.63, 3.8) is 0 Å². The molecule has 0 bridgehead atoms. The van der Waals surface area contributed by atoms with Gasteiger partial charge in [-0.05, 0) is 53.4 Å². The number of nitrogens with zero attached hydrogens (tertiary/aromatic N) is 1. The molecule has 4 nitrogen and oxygen atoms in total. The number of rotatable bonds is 7. The summed E-state index contributed by atoms with van der Waals surface area (Å²) in [4.78, 5) is 4.05. The Kier molecular flexibility index (Phi) is 6.00. The number of ether oxygens (including phenoxy) is 1. The number of methoxy groups -OCH3 is 1. The van der Waals surface area contributed by atoms with E-state index < -0.39 is 6.10 Å². The number of hydrogen-bond acceptors (Lipinski definition) is 4. The number of aromatic nitrogens is 1. The van der Waals surface area contributed by atoms with Gasteiger partial charge >= 0.3 is 0 Å². The van der Waals surface area contributed by atoms with Crippen LogP contribution in [0.4, 0.5) is 0 Å². The molecule has 134 valence electrons. The fraction of sp³-hybridized carbons (Fsp3) is 0.227. The molecule has 0 saturated heterocycles. The van der Waals surface area contributed by atoms with Gasteiger partial charge in [0.25, 0.3) is 0 Å². The highest BCUT2D eigenvalue weighted by atomic mass is 16.5. The molecular weight excluding hydrogens is 324 g/mol. The molecule has 0 aliphatic carbocycles. The molecule has 0 aliphatic rings. The van der Waals surface area contributed by atoms with E-state index in [1.807, 2.05) is 36.4 Å². The normalized spacial score (nSPS) is 13.2. The quantitative estimate of drug-likeness (QED) is 0.674. The van der Waals surface area contributed by atoms with Gasteiger partial charge < -0.3 is 15.2 Å². The Labute approximate surface area is 154 Å². The first-order valence-electron chi connectivity index (χ1n) is 8.73. The molecule has 2 atom stereocenters. The Bertz CT molecular complexity index is 819. The van der Waals surface area contributed by atoms with Gasteiger partial charge in [-0.1, -0.05) is 36.4 Å². The van der Waals surface area contributed by atoms with E-state index in [9.17, 15) is 5.11 Å². The Balaban J connectivity index is 1.60. The topological polar surface area (TPSA) is 54.4 Å². The molecular formula is C22H24N2O2. The monoisotopic (exact) mass is 348 g/mol. The minimum atomic E-state index is -0.580. The summed E-state index contributed by atoms with van der Waals surface area (Å²) in [6.07, 6.45) is 3.02. The van der Waals surface area contributed by atoms with Crippen molar-refractivity contribution in [1.29, 1.82) is 0 Å². The van der Waals surface area contributed by atoms with Crippen LogP contribution in [-0.2, 0) is 0 Å². The molecule has 0 fully saturated rings. The van der Waals surface area contributed by atoms with Crippen molar-refractivity contribution in [2.45, 2.75) is 19.1 Å². The maximum absolute atomic E-state index is 10.4. The molecule has 0 aliphatic heterocycles. The molecule has 2 N–H and O–H groups in total. The third-order valence-corrected chi connectivity index (χ3v) is 4.52. The summed E-state index contributed by atoms with van der Waals surface area (Å²) >= 11 is 0. The van der Waals surface area contributed by atoms with Crippen molar-refractivity contribution in [3.8, 4) is 16.9 Å². The molecule has 0 radical (unpaired) electrons. The third-order valence-electron chi connectivity index (χ3n) is 4.52. The van der Waals surface area contributed by atoms with Crippen molar-refractivity contribution in [2.24, 2.45) is 0 Å². The molecule has 3 aromatic rings. The largest absolute Gasteiger partial charge is 0.497 e. The van der Waals surface area contributed by atoms with Crippen molar-refractivity contribution in [2.75, 3.05) is 13.7 Å². The lowest BCUT2D eigenvalue weighted by Crippen LogP contribution is -2.24. The molecule has 0 amide bonds. The summed E-state index contributed by atoms with van der Waals surface area (Å²) in [5.74, 6) is 0.751. The fourth-order valence-corrected chi connectivity index (χ4v) is 2.88. The van der Waals surface area contributed by atoms with Crippen LogP contribution >= 0.6 is 0 Å². The van der Waals surface area contributed by atoms with Crippen LogP contribution in [0.15, 0.2) is 73.1 Å². The number of nitrogens with one attached hydrogen (secondary N) is 1. The lowest BCUT2D eigenvalue weighted by molar-refractivity contribution is 0.170. The summed E-state index contributed by atoms with van der Waals surface area (Å²) in [5, 5.41) is 13.8. The zero-order valence-corrected chi connectivity index (χ0v) is 15.1. The maximum Gasteiger partial charge on any atom is 0.119 e. The highest BCUT2D eigenvalue weighted by molar-refractivity contribution is 5.62. The molecule has 2 aromatic carbocycles. The number of aliphatic hydroxyl groups is 1. The first-order valence-corrected chi connectivity index (χ1v) is 8.73. The van der Waals surface area contributed by atoms with Gasteiger partial charge in [0.1, 0.15) is 5.75 Å². The van der Waals surface area contributed by atoms with E-state index in [-0.39, 0.29) is 6.04 Å². The van der Waals surface area contributed by atoms with Crippen molar-refractivity contribution >= 4 is 0 Å². The Morgan fingerprint density at radius 2 is 1.65 bits per heavy atom. The van der Waals surface area contributed by atoms with E-state index in [4.69, 9.17) is 4.74 Å². The van der Waals surface area contributed by atoms with E-state index in [0.29, 0.717) is 6.54 Å². The van der Waals surface area contributed by atoms with Gasteiger partial charge in [0.15, 0.2) is 0 Å². The standard InChI is InChI=1S/C22H24N2O2/c1-16(24-15-22(25)20-4-3-5-21(14-20)26-2)17-6-8-18(9-7-17)19-10-12-23-13-11-19/h3-14,16,22,24-25H,15H2,1-2H3. The van der Waals surface area contributed by atoms with E-state index >= 15 is 0 Å². The summed E-state index contributed by atoms with van der Waals surface area (Å²) in [6, 6.07) is 20.1. The van der Waals surface area contributed by atoms with E-state index in [0.717, 1.165) is 16.9 Å². The predicted molar refractivity (Wildman–Crippen MR) is 104 cm³/mol. The van der Waals surface area contributed by atoms with Gasteiger partial charge in [-0.15, -0.1) is 0 Å². The van der Waals surface area contributed by atoms with Crippen LogP contribution in [0, 0.1) is 0 Å². The highest BCUT2D eigenvalue weighted by Gasteiger charge is 2.11. The lowest BCUT2D eigenvalue weighted by atomic mass is 10.0. The van der Waals surface area contributed by atoms with E-state index in [2.05, 4.69) is 41.5 Å². The molecule has 3 rings (SSSR count). The molecule has 4 heteroatoms. The highest BCUT2D eigenvalue weighted by Crippen LogP contribution is 2.22. The fourth-order valence-electron chi connectivity index (χ4n) is 2.88. The predicted octanol–water partition coefficient (Wildman–Crippen LogP) is 4.14. The van der Waals surface area contributed by atoms with Crippen molar-refractivity contribution in [3.05, 3.63) is 84.2 Å². The van der Waals surface area contributed by atoms with Gasteiger partial charge in [-0.3, -0.25) is 4.98 Å². The van der Waals surface area contributed by atoms with Crippen LogP contribution < -0.4 is 10.1 Å². The summed E-state index contributed by atoms with van der Waals surface area (Å²) in [6.45, 7) is 2.57. The third kappa shape index (κ3) is 4.48. The lowest BCUT2D eigenvalue weighted by Gasteiger charge is -2.18. The Hall–Kier alpha value is -2.69. The minimum Gasteiger partial charge on any atom is -0.497 e. The Morgan fingerprint density at radius 3 is 2.35 bits per heavy atom. The zero-order valence-electron chi connectivity index (χ0n) is 15.1. The molecule has 1 heterocycles. The van der Waals surface area contributed by atoms with Gasteiger partial charge in [-0.25, -0.2) is 0 Å². The number of benzene rings is 2. The summed E-state index contributed by atoms with van der Waals surface area (Å²) < 4.78 is 5.21. The summed E-state index contributed by atoms with van der Waals surface area (Å²) in [7, 11) is 1.63.